The van der Waals surface area contributed by atoms with E-state index in [1.807, 2.05) is 35.0 Å². The Balaban J connectivity index is 1.84. The van der Waals surface area contributed by atoms with Crippen molar-refractivity contribution in [3.63, 3.8) is 0 Å². The Morgan fingerprint density at radius 3 is 2.86 bits per heavy atom. The van der Waals surface area contributed by atoms with Gasteiger partial charge in [-0.15, -0.1) is 0 Å². The summed E-state index contributed by atoms with van der Waals surface area (Å²) in [6.07, 6.45) is 5.31. The lowest BCUT2D eigenvalue weighted by Crippen LogP contribution is -2.24. The number of hydrogen-bond donors (Lipinski definition) is 2. The van der Waals surface area contributed by atoms with E-state index in [9.17, 15) is 0 Å². The maximum absolute atomic E-state index is 8.97. The molecule has 112 valence electrons. The number of hydrogen-bond acceptors (Lipinski definition) is 4. The molecule has 2 unspecified atom stereocenters. The molecule has 2 aromatic rings. The minimum atomic E-state index is -0.0629. The molecule has 1 aliphatic rings. The molecule has 1 aromatic carbocycles. The highest BCUT2D eigenvalue weighted by Gasteiger charge is 2.26. The van der Waals surface area contributed by atoms with Crippen LogP contribution in [0.1, 0.15) is 23.7 Å². The van der Waals surface area contributed by atoms with Gasteiger partial charge in [-0.05, 0) is 30.5 Å². The van der Waals surface area contributed by atoms with Gasteiger partial charge in [0.25, 0.3) is 0 Å². The summed E-state index contributed by atoms with van der Waals surface area (Å²) in [5.74, 6) is 0.356. The summed E-state index contributed by atoms with van der Waals surface area (Å²) in [7, 11) is 0. The molecule has 0 radical (unpaired) electrons. The van der Waals surface area contributed by atoms with Crippen molar-refractivity contribution in [1.29, 1.82) is 0 Å². The summed E-state index contributed by atoms with van der Waals surface area (Å²) in [4.78, 5) is 4.25. The number of benzene rings is 1. The molecule has 0 saturated carbocycles. The molecular weight excluding hydrogens is 266 g/mol. The van der Waals surface area contributed by atoms with E-state index >= 15 is 0 Å². The molecule has 3 rings (SSSR count). The van der Waals surface area contributed by atoms with Gasteiger partial charge in [0.1, 0.15) is 0 Å². The Morgan fingerprint density at radius 2 is 2.19 bits per heavy atom. The van der Waals surface area contributed by atoms with E-state index < -0.39 is 0 Å². The van der Waals surface area contributed by atoms with E-state index in [1.54, 1.807) is 6.33 Å². The Labute approximate surface area is 124 Å². The van der Waals surface area contributed by atoms with Crippen molar-refractivity contribution in [3.8, 4) is 5.69 Å². The maximum atomic E-state index is 8.97. The summed E-state index contributed by atoms with van der Waals surface area (Å²) in [5.41, 5.74) is 9.56. The van der Waals surface area contributed by atoms with E-state index in [0.717, 1.165) is 36.6 Å². The van der Waals surface area contributed by atoms with Gasteiger partial charge in [0.15, 0.2) is 0 Å². The Hall–Kier alpha value is -1.69. The predicted octanol–water partition coefficient (Wildman–Crippen LogP) is 1.44. The molecule has 1 saturated heterocycles. The lowest BCUT2D eigenvalue weighted by atomic mass is 9.97. The molecule has 5 nitrogen and oxygen atoms in total. The fraction of sp³-hybridized carbons (Fsp3) is 0.438. The lowest BCUT2D eigenvalue weighted by molar-refractivity contribution is 0.180. The summed E-state index contributed by atoms with van der Waals surface area (Å²) >= 11 is 0. The Bertz CT molecular complexity index is 573. The number of aliphatic hydroxyl groups is 1. The number of aromatic nitrogens is 2. The van der Waals surface area contributed by atoms with Gasteiger partial charge in [-0.1, -0.05) is 12.1 Å². The van der Waals surface area contributed by atoms with Crippen LogP contribution in [-0.2, 0) is 11.2 Å². The van der Waals surface area contributed by atoms with Crippen LogP contribution in [0.3, 0.4) is 0 Å². The van der Waals surface area contributed by atoms with Crippen LogP contribution in [0.4, 0.5) is 0 Å². The third-order valence-corrected chi connectivity index (χ3v) is 4.10. The van der Waals surface area contributed by atoms with Gasteiger partial charge in [0.2, 0.25) is 0 Å². The maximum Gasteiger partial charge on any atom is 0.0994 e. The smallest absolute Gasteiger partial charge is 0.0994 e. The van der Waals surface area contributed by atoms with Crippen LogP contribution in [0.25, 0.3) is 5.69 Å². The highest BCUT2D eigenvalue weighted by molar-refractivity contribution is 5.37. The molecule has 1 fully saturated rings. The molecule has 3 N–H and O–H groups in total. The van der Waals surface area contributed by atoms with Gasteiger partial charge in [-0.25, -0.2) is 4.98 Å². The summed E-state index contributed by atoms with van der Waals surface area (Å²) in [6.45, 7) is 1.69. The molecule has 21 heavy (non-hydrogen) atoms. The normalized spacial score (nSPS) is 19.8. The quantitative estimate of drug-likeness (QED) is 0.873. The number of aliphatic hydroxyl groups excluding tert-OH is 1. The topological polar surface area (TPSA) is 73.3 Å². The summed E-state index contributed by atoms with van der Waals surface area (Å²) in [6, 6.07) is 8.06. The molecule has 1 aliphatic heterocycles. The van der Waals surface area contributed by atoms with Crippen molar-refractivity contribution in [1.82, 2.24) is 9.55 Å². The minimum absolute atomic E-state index is 0.0629. The fourth-order valence-corrected chi connectivity index (χ4v) is 2.80. The number of ether oxygens (including phenoxy) is 1. The van der Waals surface area contributed by atoms with Gasteiger partial charge in [-0.2, -0.15) is 0 Å². The Kier molecular flexibility index (Phi) is 4.34. The van der Waals surface area contributed by atoms with Crippen molar-refractivity contribution in [2.75, 3.05) is 19.8 Å². The van der Waals surface area contributed by atoms with Crippen molar-refractivity contribution >= 4 is 0 Å². The van der Waals surface area contributed by atoms with Crippen LogP contribution in [-0.4, -0.2) is 34.5 Å². The van der Waals surface area contributed by atoms with Crippen LogP contribution in [0.5, 0.6) is 0 Å². The van der Waals surface area contributed by atoms with E-state index in [-0.39, 0.29) is 12.6 Å². The minimum Gasteiger partial charge on any atom is -0.396 e. The first-order valence-electron chi connectivity index (χ1n) is 7.35. The van der Waals surface area contributed by atoms with Gasteiger partial charge in [0, 0.05) is 24.8 Å². The SMILES string of the molecule is NC(c1cncn1-c1ccc(CCO)cc1)C1CCOC1. The van der Waals surface area contributed by atoms with Crippen LogP contribution < -0.4 is 5.73 Å². The van der Waals surface area contributed by atoms with Crippen LogP contribution in [0, 0.1) is 5.92 Å². The highest BCUT2D eigenvalue weighted by atomic mass is 16.5. The number of nitrogens with zero attached hydrogens (tertiary/aromatic N) is 2. The van der Waals surface area contributed by atoms with Crippen LogP contribution >= 0.6 is 0 Å². The van der Waals surface area contributed by atoms with Crippen molar-refractivity contribution in [3.05, 3.63) is 48.0 Å². The summed E-state index contributed by atoms with van der Waals surface area (Å²) in [5, 5.41) is 8.97. The molecule has 1 aromatic heterocycles. The van der Waals surface area contributed by atoms with Gasteiger partial charge < -0.3 is 20.1 Å². The first-order valence-corrected chi connectivity index (χ1v) is 7.35. The number of imidazole rings is 1. The second-order valence-corrected chi connectivity index (χ2v) is 5.48. The molecule has 2 heterocycles. The van der Waals surface area contributed by atoms with Crippen LogP contribution in [0.2, 0.25) is 0 Å². The van der Waals surface area contributed by atoms with E-state index in [1.165, 1.54) is 0 Å². The number of nitrogens with two attached hydrogens (primary N) is 1. The third kappa shape index (κ3) is 3.00. The first-order chi connectivity index (χ1) is 10.3. The van der Waals surface area contributed by atoms with E-state index in [4.69, 9.17) is 15.6 Å². The lowest BCUT2D eigenvalue weighted by Gasteiger charge is -2.19. The molecule has 5 heteroatoms. The second kappa shape index (κ2) is 6.39. The monoisotopic (exact) mass is 287 g/mol. The average Bonchev–Trinajstić information content (AvgIpc) is 3.19. The molecule has 0 aliphatic carbocycles. The van der Waals surface area contributed by atoms with Gasteiger partial charge in [0.05, 0.1) is 30.9 Å². The predicted molar refractivity (Wildman–Crippen MR) is 80.2 cm³/mol. The van der Waals surface area contributed by atoms with Gasteiger partial charge in [-0.3, -0.25) is 0 Å². The molecule has 2 atom stereocenters. The zero-order valence-corrected chi connectivity index (χ0v) is 12.0. The van der Waals surface area contributed by atoms with Crippen LogP contribution in [0.15, 0.2) is 36.8 Å². The van der Waals surface area contributed by atoms with Gasteiger partial charge >= 0.3 is 0 Å². The molecule has 0 amide bonds. The largest absolute Gasteiger partial charge is 0.396 e. The van der Waals surface area contributed by atoms with Crippen molar-refractivity contribution < 1.29 is 9.84 Å². The van der Waals surface area contributed by atoms with E-state index in [2.05, 4.69) is 4.98 Å². The zero-order valence-electron chi connectivity index (χ0n) is 12.0. The molecule has 0 bridgehead atoms. The van der Waals surface area contributed by atoms with E-state index in [0.29, 0.717) is 12.3 Å². The zero-order chi connectivity index (χ0) is 14.7. The van der Waals surface area contributed by atoms with Crippen molar-refractivity contribution in [2.24, 2.45) is 11.7 Å². The molecular formula is C16H21N3O2. The molecule has 0 spiro atoms. The standard InChI is InChI=1S/C16H21N3O2/c17-16(13-6-8-21-10-13)15-9-18-11-19(15)14-3-1-12(2-4-14)5-7-20/h1-4,9,11,13,16,20H,5-8,10,17H2. The first kappa shape index (κ1) is 14.3. The second-order valence-electron chi connectivity index (χ2n) is 5.48. The average molecular weight is 287 g/mol. The summed E-state index contributed by atoms with van der Waals surface area (Å²) < 4.78 is 7.46. The number of rotatable bonds is 5. The highest BCUT2D eigenvalue weighted by Crippen LogP contribution is 2.28. The fourth-order valence-electron chi connectivity index (χ4n) is 2.80. The Morgan fingerprint density at radius 1 is 1.38 bits per heavy atom. The third-order valence-electron chi connectivity index (χ3n) is 4.10. The van der Waals surface area contributed by atoms with Crippen molar-refractivity contribution in [2.45, 2.75) is 18.9 Å².